The van der Waals surface area contributed by atoms with Gasteiger partial charge in [-0.3, -0.25) is 14.4 Å². The largest absolute Gasteiger partial charge is 0.304 e. The number of benzene rings is 1. The molecule has 1 unspecified atom stereocenters. The molecule has 1 rings (SSSR count). The number of Topliss-reactive ketones (excluding diaryl/α,β-unsaturated/α-hetero) is 3. The molecular formula is C25H39FO4. The molecule has 0 saturated heterocycles. The molecule has 1 aromatic carbocycles. The predicted octanol–water partition coefficient (Wildman–Crippen LogP) is 6.27. The third-order valence-electron chi connectivity index (χ3n) is 4.77. The Kier molecular flexibility index (Phi) is 15.7. The quantitative estimate of drug-likeness (QED) is 0.365. The topological polar surface area (TPSA) is 68.3 Å². The lowest BCUT2D eigenvalue weighted by atomic mass is 9.89. The number of hydrogen-bond donors (Lipinski definition) is 0. The van der Waals surface area contributed by atoms with Crippen molar-refractivity contribution in [1.82, 2.24) is 0 Å². The maximum absolute atomic E-state index is 13.4. The molecule has 0 radical (unpaired) electrons. The van der Waals surface area contributed by atoms with E-state index in [2.05, 4.69) is 0 Å². The van der Waals surface area contributed by atoms with Crippen molar-refractivity contribution in [3.05, 3.63) is 34.6 Å². The van der Waals surface area contributed by atoms with E-state index in [1.54, 1.807) is 6.92 Å². The first-order chi connectivity index (χ1) is 13.8. The van der Waals surface area contributed by atoms with Crippen LogP contribution in [0.5, 0.6) is 0 Å². The van der Waals surface area contributed by atoms with E-state index < -0.39 is 0 Å². The summed E-state index contributed by atoms with van der Waals surface area (Å²) in [5, 5.41) is 0. The van der Waals surface area contributed by atoms with Crippen LogP contribution >= 0.6 is 0 Å². The zero-order valence-corrected chi connectivity index (χ0v) is 20.1. The van der Waals surface area contributed by atoms with E-state index in [4.69, 9.17) is 4.79 Å². The van der Waals surface area contributed by atoms with Crippen molar-refractivity contribution < 1.29 is 23.6 Å². The first-order valence-electron chi connectivity index (χ1n) is 10.6. The highest BCUT2D eigenvalue weighted by Crippen LogP contribution is 2.25. The summed E-state index contributed by atoms with van der Waals surface area (Å²) in [4.78, 5) is 42.3. The van der Waals surface area contributed by atoms with Crippen molar-refractivity contribution in [2.24, 2.45) is 11.8 Å². The van der Waals surface area contributed by atoms with Gasteiger partial charge in [-0.2, -0.15) is 0 Å². The van der Waals surface area contributed by atoms with Crippen molar-refractivity contribution in [3.63, 3.8) is 0 Å². The summed E-state index contributed by atoms with van der Waals surface area (Å²) < 4.78 is 13.4. The average molecular weight is 423 g/mol. The third kappa shape index (κ3) is 11.7. The fourth-order valence-electron chi connectivity index (χ4n) is 2.62. The molecule has 0 aromatic heterocycles. The Morgan fingerprint density at radius 1 is 1.07 bits per heavy atom. The summed E-state index contributed by atoms with van der Waals surface area (Å²) in [6.45, 7) is 16.3. The summed E-state index contributed by atoms with van der Waals surface area (Å²) in [7, 11) is 0. The third-order valence-corrected chi connectivity index (χ3v) is 4.77. The zero-order valence-electron chi connectivity index (χ0n) is 20.1. The van der Waals surface area contributed by atoms with Gasteiger partial charge in [-0.1, -0.05) is 41.5 Å². The molecule has 1 atom stereocenters. The molecule has 0 N–H and O–H groups in total. The summed E-state index contributed by atoms with van der Waals surface area (Å²) in [5.41, 5.74) is 2.36. The Labute approximate surface area is 181 Å². The van der Waals surface area contributed by atoms with E-state index in [1.165, 1.54) is 19.1 Å². The standard InChI is InChI=1S/C14H19FO.C9H16O2.C2H4O/c1-8(2)12-6-11(15)7-13(10(12)5)14(16)9(3)4;1-4-9(11)6-5-7(2)8(3)10;1-2-3/h6-9H,1-5H3;7H,4-6H2,1-3H3;2H,1H3. The van der Waals surface area contributed by atoms with Gasteiger partial charge in [0.15, 0.2) is 5.78 Å². The summed E-state index contributed by atoms with van der Waals surface area (Å²) in [6.07, 6.45) is 2.60. The molecule has 30 heavy (non-hydrogen) atoms. The summed E-state index contributed by atoms with van der Waals surface area (Å²) >= 11 is 0. The number of hydrogen-bond acceptors (Lipinski definition) is 4. The molecule has 0 saturated carbocycles. The van der Waals surface area contributed by atoms with Gasteiger partial charge in [-0.15, -0.1) is 0 Å². The first kappa shape index (κ1) is 30.0. The molecule has 0 heterocycles. The Morgan fingerprint density at radius 3 is 1.93 bits per heavy atom. The monoisotopic (exact) mass is 422 g/mol. The SMILES string of the molecule is CC=O.CCC(=O)CCC(C)C(C)=O.Cc1c(C(=O)C(C)C)cc(F)cc1C(C)C. The molecule has 170 valence electrons. The first-order valence-corrected chi connectivity index (χ1v) is 10.6. The lowest BCUT2D eigenvalue weighted by Crippen LogP contribution is -2.11. The van der Waals surface area contributed by atoms with Gasteiger partial charge >= 0.3 is 0 Å². The molecular weight excluding hydrogens is 383 g/mol. The second kappa shape index (κ2) is 15.6. The fourth-order valence-corrected chi connectivity index (χ4v) is 2.62. The second-order valence-electron chi connectivity index (χ2n) is 8.02. The van der Waals surface area contributed by atoms with Crippen LogP contribution in [0.15, 0.2) is 12.1 Å². The molecule has 4 nitrogen and oxygen atoms in total. The lowest BCUT2D eigenvalue weighted by Gasteiger charge is -2.15. The Morgan fingerprint density at radius 2 is 1.57 bits per heavy atom. The van der Waals surface area contributed by atoms with Crippen LogP contribution in [0, 0.1) is 24.6 Å². The molecule has 0 bridgehead atoms. The highest BCUT2D eigenvalue weighted by Gasteiger charge is 2.17. The number of halogens is 1. The Bertz CT molecular complexity index is 705. The van der Waals surface area contributed by atoms with Gasteiger partial charge in [0, 0.05) is 30.2 Å². The summed E-state index contributed by atoms with van der Waals surface area (Å²) in [5.74, 6) is 0.296. The van der Waals surface area contributed by atoms with Crippen LogP contribution in [0.2, 0.25) is 0 Å². The van der Waals surface area contributed by atoms with E-state index in [0.29, 0.717) is 24.8 Å². The van der Waals surface area contributed by atoms with Crippen molar-refractivity contribution in [1.29, 1.82) is 0 Å². The minimum atomic E-state index is -0.321. The Balaban J connectivity index is 0. The number of rotatable bonds is 8. The molecule has 5 heteroatoms. The van der Waals surface area contributed by atoms with Crippen LogP contribution in [0.4, 0.5) is 4.39 Å². The zero-order chi connectivity index (χ0) is 24.0. The van der Waals surface area contributed by atoms with Gasteiger partial charge in [-0.05, 0) is 56.4 Å². The maximum Gasteiger partial charge on any atom is 0.165 e. The van der Waals surface area contributed by atoms with Crippen molar-refractivity contribution in [2.75, 3.05) is 0 Å². The fraction of sp³-hybridized carbons (Fsp3) is 0.600. The molecule has 0 aliphatic rings. The molecule has 0 spiro atoms. The van der Waals surface area contributed by atoms with Gasteiger partial charge < -0.3 is 4.79 Å². The average Bonchev–Trinajstić information content (AvgIpc) is 2.67. The van der Waals surface area contributed by atoms with E-state index in [9.17, 15) is 18.8 Å². The maximum atomic E-state index is 13.4. The van der Waals surface area contributed by atoms with Gasteiger partial charge in [0.2, 0.25) is 0 Å². The van der Waals surface area contributed by atoms with Crippen LogP contribution in [-0.2, 0) is 14.4 Å². The van der Waals surface area contributed by atoms with Gasteiger partial charge in [0.1, 0.15) is 23.7 Å². The molecule has 0 amide bonds. The van der Waals surface area contributed by atoms with Gasteiger partial charge in [0.05, 0.1) is 0 Å². The number of aldehydes is 1. The van der Waals surface area contributed by atoms with Crippen LogP contribution in [0.1, 0.15) is 102 Å². The van der Waals surface area contributed by atoms with E-state index >= 15 is 0 Å². The lowest BCUT2D eigenvalue weighted by molar-refractivity contribution is -0.121. The van der Waals surface area contributed by atoms with Crippen LogP contribution in [-0.4, -0.2) is 23.6 Å². The molecule has 1 aromatic rings. The van der Waals surface area contributed by atoms with Crippen LogP contribution in [0.25, 0.3) is 0 Å². The minimum absolute atomic E-state index is 0.0129. The van der Waals surface area contributed by atoms with E-state index in [0.717, 1.165) is 17.4 Å². The highest BCUT2D eigenvalue weighted by atomic mass is 19.1. The number of ketones is 3. The normalized spacial score (nSPS) is 11.1. The minimum Gasteiger partial charge on any atom is -0.304 e. The van der Waals surface area contributed by atoms with Crippen LogP contribution in [0.3, 0.4) is 0 Å². The summed E-state index contributed by atoms with van der Waals surface area (Å²) in [6, 6.07) is 2.88. The number of carbonyl (C=O) groups is 4. The van der Waals surface area contributed by atoms with E-state index in [1.807, 2.05) is 48.5 Å². The van der Waals surface area contributed by atoms with Crippen molar-refractivity contribution >= 4 is 23.6 Å². The molecule has 0 aliphatic carbocycles. The predicted molar refractivity (Wildman–Crippen MR) is 121 cm³/mol. The highest BCUT2D eigenvalue weighted by molar-refractivity contribution is 5.99. The Hall–Kier alpha value is -2.17. The van der Waals surface area contributed by atoms with Gasteiger partial charge in [0.25, 0.3) is 0 Å². The van der Waals surface area contributed by atoms with Gasteiger partial charge in [-0.25, -0.2) is 4.39 Å². The molecule has 0 fully saturated rings. The van der Waals surface area contributed by atoms with Crippen molar-refractivity contribution in [3.8, 4) is 0 Å². The second-order valence-corrected chi connectivity index (χ2v) is 8.02. The number of carbonyl (C=O) groups excluding carboxylic acids is 4. The molecule has 0 aliphatic heterocycles. The van der Waals surface area contributed by atoms with Crippen molar-refractivity contribution in [2.45, 2.75) is 87.5 Å². The van der Waals surface area contributed by atoms with Crippen LogP contribution < -0.4 is 0 Å². The smallest absolute Gasteiger partial charge is 0.165 e. The van der Waals surface area contributed by atoms with E-state index in [-0.39, 0.29) is 40.9 Å².